The first-order chi connectivity index (χ1) is 13.3. The van der Waals surface area contributed by atoms with Gasteiger partial charge in [-0.2, -0.15) is 5.10 Å². The van der Waals surface area contributed by atoms with Gasteiger partial charge in [0.25, 0.3) is 0 Å². The Labute approximate surface area is 160 Å². The fourth-order valence-electron chi connectivity index (χ4n) is 3.28. The lowest BCUT2D eigenvalue weighted by atomic mass is 9.81. The predicted molar refractivity (Wildman–Crippen MR) is 101 cm³/mol. The molecule has 1 aliphatic rings. The number of ether oxygens (including phenoxy) is 1. The Morgan fingerprint density at radius 3 is 2.79 bits per heavy atom. The third-order valence-corrected chi connectivity index (χ3v) is 4.65. The number of carbonyl (C=O) groups excluding carboxylic acids is 1. The number of nitrogens with zero attached hydrogens (tertiary/aromatic N) is 2. The van der Waals surface area contributed by atoms with Gasteiger partial charge in [-0.05, 0) is 44.2 Å². The first-order valence-corrected chi connectivity index (χ1v) is 9.11. The van der Waals surface area contributed by atoms with Gasteiger partial charge in [-0.1, -0.05) is 0 Å². The highest BCUT2D eigenvalue weighted by molar-refractivity contribution is 5.96. The van der Waals surface area contributed by atoms with E-state index in [1.54, 1.807) is 18.3 Å². The highest BCUT2D eigenvalue weighted by atomic mass is 19.3. The maximum Gasteiger partial charge on any atom is 0.249 e. The van der Waals surface area contributed by atoms with Crippen LogP contribution in [0.4, 0.5) is 14.6 Å². The van der Waals surface area contributed by atoms with Crippen LogP contribution in [0.1, 0.15) is 26.7 Å². The SMILES string of the molecule is CC(C)Oc1ccc2[nH]nc(-c3ccnc(NC(=O)C4CC(F)(F)C4)c3)c2c1. The highest BCUT2D eigenvalue weighted by Crippen LogP contribution is 2.42. The van der Waals surface area contributed by atoms with E-state index >= 15 is 0 Å². The van der Waals surface area contributed by atoms with Crippen molar-refractivity contribution in [2.75, 3.05) is 5.32 Å². The van der Waals surface area contributed by atoms with Crippen molar-refractivity contribution in [3.05, 3.63) is 36.5 Å². The molecule has 146 valence electrons. The van der Waals surface area contributed by atoms with Crippen LogP contribution in [0.25, 0.3) is 22.2 Å². The van der Waals surface area contributed by atoms with Crippen LogP contribution >= 0.6 is 0 Å². The van der Waals surface area contributed by atoms with Crippen molar-refractivity contribution >= 4 is 22.6 Å². The summed E-state index contributed by atoms with van der Waals surface area (Å²) in [7, 11) is 0. The molecule has 1 amide bonds. The Bertz CT molecular complexity index is 1020. The summed E-state index contributed by atoms with van der Waals surface area (Å²) in [6.45, 7) is 3.91. The van der Waals surface area contributed by atoms with E-state index in [9.17, 15) is 13.6 Å². The first-order valence-electron chi connectivity index (χ1n) is 9.11. The Balaban J connectivity index is 1.58. The normalized spacial score (nSPS) is 16.2. The number of fused-ring (bicyclic) bond motifs is 1. The van der Waals surface area contributed by atoms with Gasteiger partial charge >= 0.3 is 0 Å². The lowest BCUT2D eigenvalue weighted by Crippen LogP contribution is -2.42. The number of benzene rings is 1. The van der Waals surface area contributed by atoms with E-state index in [-0.39, 0.29) is 6.10 Å². The van der Waals surface area contributed by atoms with Crippen LogP contribution in [-0.2, 0) is 4.79 Å². The third kappa shape index (κ3) is 3.67. The monoisotopic (exact) mass is 386 g/mol. The number of hydrogen-bond donors (Lipinski definition) is 2. The molecule has 1 aliphatic carbocycles. The number of aromatic amines is 1. The van der Waals surface area contributed by atoms with Crippen molar-refractivity contribution in [2.45, 2.75) is 38.7 Å². The lowest BCUT2D eigenvalue weighted by molar-refractivity contribution is -0.145. The number of H-pyrrole nitrogens is 1. The van der Waals surface area contributed by atoms with Crippen molar-refractivity contribution in [3.8, 4) is 17.0 Å². The second kappa shape index (κ2) is 6.85. The maximum absolute atomic E-state index is 13.0. The van der Waals surface area contributed by atoms with Crippen LogP contribution < -0.4 is 10.1 Å². The van der Waals surface area contributed by atoms with Crippen molar-refractivity contribution in [1.82, 2.24) is 15.2 Å². The predicted octanol–water partition coefficient (Wildman–Crippen LogP) is 4.40. The van der Waals surface area contributed by atoms with Gasteiger partial charge in [-0.25, -0.2) is 13.8 Å². The first kappa shape index (κ1) is 18.3. The number of alkyl halides is 2. The molecule has 0 spiro atoms. The van der Waals surface area contributed by atoms with Crippen LogP contribution in [0.5, 0.6) is 5.75 Å². The number of nitrogens with one attached hydrogen (secondary N) is 2. The Morgan fingerprint density at radius 1 is 1.29 bits per heavy atom. The minimum atomic E-state index is -2.74. The summed E-state index contributed by atoms with van der Waals surface area (Å²) >= 11 is 0. The molecular formula is C20H20F2N4O2. The molecule has 0 radical (unpaired) electrons. The molecule has 0 unspecified atom stereocenters. The molecule has 8 heteroatoms. The zero-order valence-corrected chi connectivity index (χ0v) is 15.5. The van der Waals surface area contributed by atoms with Gasteiger partial charge in [0.2, 0.25) is 11.8 Å². The van der Waals surface area contributed by atoms with E-state index < -0.39 is 30.6 Å². The van der Waals surface area contributed by atoms with Crippen LogP contribution in [0.3, 0.4) is 0 Å². The average molecular weight is 386 g/mol. The van der Waals surface area contributed by atoms with E-state index in [4.69, 9.17) is 4.74 Å². The molecule has 2 heterocycles. The summed E-state index contributed by atoms with van der Waals surface area (Å²) in [6.07, 6.45) is 0.770. The quantitative estimate of drug-likeness (QED) is 0.681. The summed E-state index contributed by atoms with van der Waals surface area (Å²) in [5, 5.41) is 10.8. The summed E-state index contributed by atoms with van der Waals surface area (Å²) < 4.78 is 31.7. The largest absolute Gasteiger partial charge is 0.491 e. The molecule has 3 aromatic rings. The standard InChI is InChI=1S/C20H20F2N4O2/c1-11(2)28-14-3-4-16-15(8-14)18(26-25-16)12-5-6-23-17(7-12)24-19(27)13-9-20(21,22)10-13/h3-8,11,13H,9-10H2,1-2H3,(H,25,26)(H,23,24,27). The van der Waals surface area contributed by atoms with E-state index in [1.807, 2.05) is 32.0 Å². The number of hydrogen-bond acceptors (Lipinski definition) is 4. The molecule has 0 atom stereocenters. The second-order valence-corrected chi connectivity index (χ2v) is 7.33. The number of anilines is 1. The van der Waals surface area contributed by atoms with Crippen molar-refractivity contribution in [3.63, 3.8) is 0 Å². The minimum absolute atomic E-state index is 0.0504. The van der Waals surface area contributed by atoms with Crippen molar-refractivity contribution in [2.24, 2.45) is 5.92 Å². The van der Waals surface area contributed by atoms with Crippen LogP contribution in [0.2, 0.25) is 0 Å². The van der Waals surface area contributed by atoms with E-state index in [1.165, 1.54) is 0 Å². The number of pyridine rings is 1. The number of amides is 1. The molecular weight excluding hydrogens is 366 g/mol. The van der Waals surface area contributed by atoms with Gasteiger partial charge in [-0.15, -0.1) is 0 Å². The molecule has 0 aliphatic heterocycles. The molecule has 0 bridgehead atoms. The second-order valence-electron chi connectivity index (χ2n) is 7.33. The molecule has 28 heavy (non-hydrogen) atoms. The van der Waals surface area contributed by atoms with Gasteiger partial charge in [0.15, 0.2) is 0 Å². The lowest BCUT2D eigenvalue weighted by Gasteiger charge is -2.33. The van der Waals surface area contributed by atoms with Gasteiger partial charge in [-0.3, -0.25) is 9.89 Å². The molecule has 1 fully saturated rings. The topological polar surface area (TPSA) is 79.9 Å². The van der Waals surface area contributed by atoms with E-state index in [2.05, 4.69) is 20.5 Å². The van der Waals surface area contributed by atoms with Gasteiger partial charge in [0.05, 0.1) is 11.6 Å². The van der Waals surface area contributed by atoms with Gasteiger partial charge in [0, 0.05) is 35.9 Å². The summed E-state index contributed by atoms with van der Waals surface area (Å²) in [5.74, 6) is -2.80. The fraction of sp³-hybridized carbons (Fsp3) is 0.350. The van der Waals surface area contributed by atoms with E-state index in [0.29, 0.717) is 11.5 Å². The Morgan fingerprint density at radius 2 is 2.07 bits per heavy atom. The molecule has 6 nitrogen and oxygen atoms in total. The molecule has 4 rings (SSSR count). The molecule has 2 N–H and O–H groups in total. The number of carbonyl (C=O) groups is 1. The Kier molecular flexibility index (Phi) is 4.49. The van der Waals surface area contributed by atoms with Crippen molar-refractivity contribution in [1.29, 1.82) is 0 Å². The Hall–Kier alpha value is -3.03. The molecule has 1 saturated carbocycles. The number of halogens is 2. The highest BCUT2D eigenvalue weighted by Gasteiger charge is 2.48. The number of rotatable bonds is 5. The summed E-state index contributed by atoms with van der Waals surface area (Å²) in [6, 6.07) is 9.13. The minimum Gasteiger partial charge on any atom is -0.491 e. The third-order valence-electron chi connectivity index (χ3n) is 4.65. The molecule has 0 saturated heterocycles. The summed E-state index contributed by atoms with van der Waals surface area (Å²) in [4.78, 5) is 16.2. The summed E-state index contributed by atoms with van der Waals surface area (Å²) in [5.41, 5.74) is 2.29. The van der Waals surface area contributed by atoms with Gasteiger partial charge in [0.1, 0.15) is 17.3 Å². The molecule has 2 aromatic heterocycles. The van der Waals surface area contributed by atoms with Crippen LogP contribution in [0, 0.1) is 5.92 Å². The average Bonchev–Trinajstić information content (AvgIpc) is 3.02. The number of aromatic nitrogens is 3. The smallest absolute Gasteiger partial charge is 0.249 e. The molecule has 1 aromatic carbocycles. The fourth-order valence-corrected chi connectivity index (χ4v) is 3.28. The maximum atomic E-state index is 13.0. The zero-order chi connectivity index (χ0) is 19.9. The van der Waals surface area contributed by atoms with Crippen LogP contribution in [-0.4, -0.2) is 33.1 Å². The zero-order valence-electron chi connectivity index (χ0n) is 15.5. The van der Waals surface area contributed by atoms with Crippen molar-refractivity contribution < 1.29 is 18.3 Å². The van der Waals surface area contributed by atoms with E-state index in [0.717, 1.165) is 22.2 Å². The van der Waals surface area contributed by atoms with Gasteiger partial charge < -0.3 is 10.1 Å². The van der Waals surface area contributed by atoms with Crippen LogP contribution in [0.15, 0.2) is 36.5 Å².